The van der Waals surface area contributed by atoms with Crippen LogP contribution in [-0.2, 0) is 14.3 Å². The van der Waals surface area contributed by atoms with Crippen LogP contribution in [0, 0.1) is 29.1 Å². The van der Waals surface area contributed by atoms with Crippen LogP contribution in [0.3, 0.4) is 0 Å². The lowest BCUT2D eigenvalue weighted by molar-refractivity contribution is -0.156. The highest BCUT2D eigenvalue weighted by Crippen LogP contribution is 2.33. The van der Waals surface area contributed by atoms with Crippen molar-refractivity contribution in [1.29, 1.82) is 0 Å². The number of carbonyl (C=O) groups excluding carboxylic acids is 2. The number of aliphatic hydroxyl groups is 2. The van der Waals surface area contributed by atoms with Crippen molar-refractivity contribution in [1.82, 2.24) is 4.98 Å². The number of allylic oxidation sites excluding steroid dienone is 1. The Morgan fingerprint density at radius 2 is 1.92 bits per heavy atom. The topological polar surface area (TPSA) is 126 Å². The fourth-order valence-electron chi connectivity index (χ4n) is 4.73. The van der Waals surface area contributed by atoms with Crippen LogP contribution in [0.1, 0.15) is 77.9 Å². The second-order valence-electron chi connectivity index (χ2n) is 10.7. The Morgan fingerprint density at radius 1 is 1.25 bits per heavy atom. The number of Topliss-reactive ketones (excluding diaryl/α,β-unsaturated/α-hetero) is 1. The molecule has 36 heavy (non-hydrogen) atoms. The molecule has 2 rings (SSSR count). The zero-order valence-electron chi connectivity index (χ0n) is 22.4. The van der Waals surface area contributed by atoms with Gasteiger partial charge in [0.1, 0.15) is 17.9 Å². The SMILES string of the molecule is C/C1=C/C(O)C(/C(C)=C/c2csc(C)n2)OC(=O)CC(O)C(C)(C)C(=O)C(C)C(N=O)C(C)CCC1. The Hall–Kier alpha value is -2.23. The van der Waals surface area contributed by atoms with Gasteiger partial charge in [0, 0.05) is 11.3 Å². The van der Waals surface area contributed by atoms with Gasteiger partial charge in [0.25, 0.3) is 0 Å². The molecule has 0 saturated carbocycles. The summed E-state index contributed by atoms with van der Waals surface area (Å²) in [6.45, 7) is 12.2. The highest BCUT2D eigenvalue weighted by molar-refractivity contribution is 7.09. The summed E-state index contributed by atoms with van der Waals surface area (Å²) in [5.74, 6) is -1.90. The van der Waals surface area contributed by atoms with Gasteiger partial charge in [-0.25, -0.2) is 4.98 Å². The molecule has 0 fully saturated rings. The lowest BCUT2D eigenvalue weighted by Gasteiger charge is -2.34. The van der Waals surface area contributed by atoms with Gasteiger partial charge in [0.2, 0.25) is 0 Å². The van der Waals surface area contributed by atoms with Gasteiger partial charge in [0.15, 0.2) is 6.10 Å². The Kier molecular flexibility index (Phi) is 10.7. The van der Waals surface area contributed by atoms with Gasteiger partial charge < -0.3 is 14.9 Å². The van der Waals surface area contributed by atoms with E-state index in [2.05, 4.69) is 10.2 Å². The zero-order chi connectivity index (χ0) is 27.2. The second kappa shape index (κ2) is 12.8. The molecule has 2 heterocycles. The Labute approximate surface area is 217 Å². The maximum absolute atomic E-state index is 13.3. The first-order valence-corrected chi connectivity index (χ1v) is 13.4. The molecule has 1 aliphatic rings. The molecule has 0 aromatic carbocycles. The molecule has 9 heteroatoms. The number of ketones is 1. The molecular formula is C27H40N2O6S. The van der Waals surface area contributed by atoms with Crippen LogP contribution in [0.15, 0.2) is 27.8 Å². The lowest BCUT2D eigenvalue weighted by atomic mass is 9.72. The summed E-state index contributed by atoms with van der Waals surface area (Å²) in [5.41, 5.74) is 0.935. The van der Waals surface area contributed by atoms with Gasteiger partial charge in [-0.05, 0) is 57.6 Å². The first-order valence-electron chi connectivity index (χ1n) is 12.5. The molecule has 8 nitrogen and oxygen atoms in total. The van der Waals surface area contributed by atoms with Gasteiger partial charge in [-0.1, -0.05) is 44.5 Å². The minimum absolute atomic E-state index is 0.135. The van der Waals surface area contributed by atoms with Crippen LogP contribution >= 0.6 is 11.3 Å². The molecule has 6 unspecified atom stereocenters. The van der Waals surface area contributed by atoms with Gasteiger partial charge in [-0.2, -0.15) is 4.91 Å². The first-order chi connectivity index (χ1) is 16.8. The van der Waals surface area contributed by atoms with Gasteiger partial charge in [-0.15, -0.1) is 11.3 Å². The average molecular weight is 521 g/mol. The first kappa shape index (κ1) is 30.0. The predicted molar refractivity (Wildman–Crippen MR) is 141 cm³/mol. The summed E-state index contributed by atoms with van der Waals surface area (Å²) in [7, 11) is 0. The number of aliphatic hydroxyl groups excluding tert-OH is 2. The molecule has 200 valence electrons. The van der Waals surface area contributed by atoms with Crippen LogP contribution in [-0.4, -0.2) is 51.3 Å². The maximum atomic E-state index is 13.3. The number of aryl methyl sites for hydroxylation is 1. The van der Waals surface area contributed by atoms with Gasteiger partial charge in [-0.3, -0.25) is 9.59 Å². The highest BCUT2D eigenvalue weighted by atomic mass is 32.1. The number of nitroso groups, excluding NO2 is 1. The smallest absolute Gasteiger partial charge is 0.309 e. The molecule has 0 aliphatic carbocycles. The molecule has 1 aromatic heterocycles. The van der Waals surface area contributed by atoms with Crippen molar-refractivity contribution in [3.05, 3.63) is 38.2 Å². The maximum Gasteiger partial charge on any atom is 0.309 e. The third kappa shape index (κ3) is 7.63. The van der Waals surface area contributed by atoms with E-state index < -0.39 is 48.1 Å². The van der Waals surface area contributed by atoms with Gasteiger partial charge in [0.05, 0.1) is 28.6 Å². The summed E-state index contributed by atoms with van der Waals surface area (Å²) in [5, 5.41) is 27.9. The number of rotatable bonds is 3. The molecule has 1 aliphatic heterocycles. The number of nitrogens with zero attached hydrogens (tertiary/aromatic N) is 2. The van der Waals surface area contributed by atoms with E-state index in [1.165, 1.54) is 11.3 Å². The quantitative estimate of drug-likeness (QED) is 0.326. The van der Waals surface area contributed by atoms with Crippen molar-refractivity contribution >= 4 is 29.2 Å². The molecular weight excluding hydrogens is 480 g/mol. The second-order valence-corrected chi connectivity index (χ2v) is 11.7. The van der Waals surface area contributed by atoms with E-state index >= 15 is 0 Å². The van der Waals surface area contributed by atoms with E-state index in [9.17, 15) is 24.7 Å². The number of carbonyl (C=O) groups is 2. The van der Waals surface area contributed by atoms with E-state index in [1.54, 1.807) is 39.8 Å². The normalized spacial score (nSPS) is 32.9. The molecule has 6 atom stereocenters. The van der Waals surface area contributed by atoms with Crippen LogP contribution in [0.2, 0.25) is 0 Å². The van der Waals surface area contributed by atoms with Crippen molar-refractivity contribution in [2.75, 3.05) is 0 Å². The minimum atomic E-state index is -1.34. The monoisotopic (exact) mass is 520 g/mol. The number of ether oxygens (including phenoxy) is 1. The van der Waals surface area contributed by atoms with Crippen LogP contribution in [0.4, 0.5) is 0 Å². The molecule has 0 radical (unpaired) electrons. The van der Waals surface area contributed by atoms with Crippen molar-refractivity contribution in [2.24, 2.45) is 22.4 Å². The largest absolute Gasteiger partial charge is 0.455 e. The number of thiazole rings is 1. The average Bonchev–Trinajstić information content (AvgIpc) is 3.20. The number of aromatic nitrogens is 1. The molecule has 0 saturated heterocycles. The van der Waals surface area contributed by atoms with E-state index in [-0.39, 0.29) is 11.7 Å². The fraction of sp³-hybridized carbons (Fsp3) is 0.667. The third-order valence-electron chi connectivity index (χ3n) is 7.17. The fourth-order valence-corrected chi connectivity index (χ4v) is 5.30. The van der Waals surface area contributed by atoms with E-state index in [0.717, 1.165) is 17.0 Å². The number of cyclic esters (lactones) is 1. The lowest BCUT2D eigenvalue weighted by Crippen LogP contribution is -2.45. The summed E-state index contributed by atoms with van der Waals surface area (Å²) >= 11 is 1.49. The van der Waals surface area contributed by atoms with Crippen molar-refractivity contribution < 1.29 is 24.5 Å². The van der Waals surface area contributed by atoms with Crippen molar-refractivity contribution in [3.8, 4) is 0 Å². The molecule has 0 bridgehead atoms. The summed E-state index contributed by atoms with van der Waals surface area (Å²) in [6, 6.07) is -0.731. The summed E-state index contributed by atoms with van der Waals surface area (Å²) in [6.07, 6.45) is 1.69. The third-order valence-corrected chi connectivity index (χ3v) is 7.97. The predicted octanol–water partition coefficient (Wildman–Crippen LogP) is 5.01. The summed E-state index contributed by atoms with van der Waals surface area (Å²) in [4.78, 5) is 42.3. The highest BCUT2D eigenvalue weighted by Gasteiger charge is 2.43. The number of hydrogen-bond donors (Lipinski definition) is 2. The van der Waals surface area contributed by atoms with Crippen molar-refractivity contribution in [3.63, 3.8) is 0 Å². The molecule has 2 N–H and O–H groups in total. The van der Waals surface area contributed by atoms with Crippen LogP contribution in [0.5, 0.6) is 0 Å². The van der Waals surface area contributed by atoms with E-state index in [0.29, 0.717) is 24.1 Å². The Bertz CT molecular complexity index is 998. The van der Waals surface area contributed by atoms with Crippen molar-refractivity contribution in [2.45, 2.75) is 98.5 Å². The number of hydrogen-bond acceptors (Lipinski definition) is 9. The van der Waals surface area contributed by atoms with E-state index in [4.69, 9.17) is 4.74 Å². The Balaban J connectivity index is 2.43. The molecule has 0 amide bonds. The van der Waals surface area contributed by atoms with Crippen LogP contribution in [0.25, 0.3) is 6.08 Å². The van der Waals surface area contributed by atoms with E-state index in [1.807, 2.05) is 26.2 Å². The molecule has 1 aromatic rings. The zero-order valence-corrected chi connectivity index (χ0v) is 23.2. The van der Waals surface area contributed by atoms with Crippen LogP contribution < -0.4 is 0 Å². The minimum Gasteiger partial charge on any atom is -0.455 e. The standard InChI is InChI=1S/C27H40N2O6S/c1-15-9-8-10-16(2)24(29-34)18(4)26(33)27(6,7)22(31)13-23(32)35-25(21(30)11-15)17(3)12-20-14-36-19(5)28-20/h11-12,14,16,18,21-22,24-25,30-31H,8-10,13H2,1-7H3/b15-11-,17-12+. The number of esters is 1. The Morgan fingerprint density at radius 3 is 2.50 bits per heavy atom. The summed E-state index contributed by atoms with van der Waals surface area (Å²) < 4.78 is 5.67. The molecule has 0 spiro atoms. The van der Waals surface area contributed by atoms with Gasteiger partial charge >= 0.3 is 5.97 Å².